The molecule has 0 aromatic heterocycles. The molecule has 2 rings (SSSR count). The lowest BCUT2D eigenvalue weighted by atomic mass is 9.75. The molecule has 1 aliphatic carbocycles. The highest BCUT2D eigenvalue weighted by Gasteiger charge is 2.27. The molecule has 0 bridgehead atoms. The summed E-state index contributed by atoms with van der Waals surface area (Å²) in [6, 6.07) is 7.69. The molecule has 0 spiro atoms. The summed E-state index contributed by atoms with van der Waals surface area (Å²) >= 11 is 0. The van der Waals surface area contributed by atoms with E-state index in [-0.39, 0.29) is 11.9 Å². The Hall–Kier alpha value is -0.890. The molecule has 1 nitrogen and oxygen atoms in total. The maximum Gasteiger partial charge on any atom is 0.127 e. The molecule has 0 aliphatic heterocycles. The Bertz CT molecular complexity index is 390. The second kappa shape index (κ2) is 5.40. The summed E-state index contributed by atoms with van der Waals surface area (Å²) in [6.45, 7) is 6.73. The lowest BCUT2D eigenvalue weighted by molar-refractivity contribution is 0.199. The summed E-state index contributed by atoms with van der Waals surface area (Å²) in [6.07, 6.45) is 4.92. The summed E-state index contributed by atoms with van der Waals surface area (Å²) in [4.78, 5) is 0. The number of halogens is 1. The van der Waals surface area contributed by atoms with Crippen LogP contribution in [0, 0.1) is 11.2 Å². The molecule has 1 N–H and O–H groups in total. The number of nitrogens with one attached hydrogen (secondary N) is 1. The minimum Gasteiger partial charge on any atom is -0.307 e. The third kappa shape index (κ3) is 3.32. The fraction of sp³-hybridized carbons (Fsp3) is 0.625. The number of hydrogen-bond acceptors (Lipinski definition) is 1. The third-order valence-electron chi connectivity index (χ3n) is 4.20. The molecule has 0 heterocycles. The lowest BCUT2D eigenvalue weighted by Gasteiger charge is -2.36. The van der Waals surface area contributed by atoms with Crippen molar-refractivity contribution in [3.63, 3.8) is 0 Å². The molecule has 1 fully saturated rings. The Balaban J connectivity index is 1.93. The van der Waals surface area contributed by atoms with E-state index >= 15 is 0 Å². The van der Waals surface area contributed by atoms with Crippen LogP contribution in [0.1, 0.15) is 58.1 Å². The minimum atomic E-state index is -0.103. The van der Waals surface area contributed by atoms with Crippen molar-refractivity contribution >= 4 is 0 Å². The van der Waals surface area contributed by atoms with Gasteiger partial charge in [0, 0.05) is 17.6 Å². The van der Waals surface area contributed by atoms with Gasteiger partial charge < -0.3 is 5.32 Å². The van der Waals surface area contributed by atoms with Gasteiger partial charge >= 0.3 is 0 Å². The van der Waals surface area contributed by atoms with Gasteiger partial charge in [0.25, 0.3) is 0 Å². The van der Waals surface area contributed by atoms with Crippen molar-refractivity contribution in [1.82, 2.24) is 5.32 Å². The summed E-state index contributed by atoms with van der Waals surface area (Å²) < 4.78 is 13.7. The van der Waals surface area contributed by atoms with E-state index in [0.717, 1.165) is 5.56 Å². The van der Waals surface area contributed by atoms with Crippen molar-refractivity contribution in [2.24, 2.45) is 5.41 Å². The average Bonchev–Trinajstić information content (AvgIpc) is 2.32. The van der Waals surface area contributed by atoms with Gasteiger partial charge in [0.15, 0.2) is 0 Å². The van der Waals surface area contributed by atoms with Crippen LogP contribution in [0.5, 0.6) is 0 Å². The molecule has 1 aliphatic rings. The van der Waals surface area contributed by atoms with Gasteiger partial charge in [-0.1, -0.05) is 32.0 Å². The highest BCUT2D eigenvalue weighted by Crippen LogP contribution is 2.35. The third-order valence-corrected chi connectivity index (χ3v) is 4.20. The molecule has 1 atom stereocenters. The second-order valence-corrected chi connectivity index (χ2v) is 6.35. The Morgan fingerprint density at radius 2 is 1.83 bits per heavy atom. The standard InChI is InChI=1S/C16H24FN/c1-12(14-6-4-5-7-15(14)17)18-13-8-10-16(2,3)11-9-13/h4-7,12-13,18H,8-11H2,1-3H3/t12-/m1/s1. The fourth-order valence-corrected chi connectivity index (χ4v) is 2.84. The predicted octanol–water partition coefficient (Wildman–Crippen LogP) is 4.45. The lowest BCUT2D eigenvalue weighted by Crippen LogP contribution is -2.37. The Labute approximate surface area is 110 Å². The van der Waals surface area contributed by atoms with Crippen LogP contribution in [0.2, 0.25) is 0 Å². The zero-order valence-corrected chi connectivity index (χ0v) is 11.7. The van der Waals surface area contributed by atoms with Gasteiger partial charge in [-0.2, -0.15) is 0 Å². The summed E-state index contributed by atoms with van der Waals surface area (Å²) in [7, 11) is 0. The largest absolute Gasteiger partial charge is 0.307 e. The first-order valence-electron chi connectivity index (χ1n) is 6.98. The maximum absolute atomic E-state index is 13.7. The molecule has 0 amide bonds. The van der Waals surface area contributed by atoms with Crippen molar-refractivity contribution in [2.75, 3.05) is 0 Å². The number of benzene rings is 1. The SMILES string of the molecule is C[C@@H](NC1CCC(C)(C)CC1)c1ccccc1F. The van der Waals surface area contributed by atoms with E-state index in [9.17, 15) is 4.39 Å². The second-order valence-electron chi connectivity index (χ2n) is 6.35. The predicted molar refractivity (Wildman–Crippen MR) is 74.0 cm³/mol. The zero-order valence-electron chi connectivity index (χ0n) is 11.7. The summed E-state index contributed by atoms with van der Waals surface area (Å²) in [5.41, 5.74) is 1.27. The van der Waals surface area contributed by atoms with Gasteiger partial charge in [0.2, 0.25) is 0 Å². The van der Waals surface area contributed by atoms with Crippen molar-refractivity contribution < 1.29 is 4.39 Å². The van der Waals surface area contributed by atoms with Crippen LogP contribution in [-0.2, 0) is 0 Å². The Kier molecular flexibility index (Phi) is 4.06. The van der Waals surface area contributed by atoms with E-state index in [2.05, 4.69) is 26.1 Å². The van der Waals surface area contributed by atoms with Gasteiger partial charge in [-0.3, -0.25) is 0 Å². The van der Waals surface area contributed by atoms with Crippen LogP contribution in [0.3, 0.4) is 0 Å². The fourth-order valence-electron chi connectivity index (χ4n) is 2.84. The van der Waals surface area contributed by atoms with Crippen molar-refractivity contribution in [1.29, 1.82) is 0 Å². The van der Waals surface area contributed by atoms with Crippen LogP contribution in [0.4, 0.5) is 4.39 Å². The first-order chi connectivity index (χ1) is 8.48. The molecular weight excluding hydrogens is 225 g/mol. The average molecular weight is 249 g/mol. The first kappa shape index (κ1) is 13.5. The van der Waals surface area contributed by atoms with E-state index in [0.29, 0.717) is 11.5 Å². The van der Waals surface area contributed by atoms with E-state index in [1.165, 1.54) is 31.7 Å². The van der Waals surface area contributed by atoms with E-state index in [4.69, 9.17) is 0 Å². The molecule has 0 radical (unpaired) electrons. The van der Waals surface area contributed by atoms with E-state index in [1.54, 1.807) is 6.07 Å². The molecule has 18 heavy (non-hydrogen) atoms. The molecule has 1 saturated carbocycles. The van der Waals surface area contributed by atoms with Gasteiger partial charge in [-0.25, -0.2) is 4.39 Å². The summed E-state index contributed by atoms with van der Waals surface area (Å²) in [5.74, 6) is -0.103. The Morgan fingerprint density at radius 1 is 1.22 bits per heavy atom. The number of rotatable bonds is 3. The van der Waals surface area contributed by atoms with Crippen molar-refractivity contribution in [3.8, 4) is 0 Å². The zero-order chi connectivity index (χ0) is 13.2. The molecular formula is C16H24FN. The van der Waals surface area contributed by atoms with Gasteiger partial charge in [0.1, 0.15) is 5.82 Å². The van der Waals surface area contributed by atoms with Crippen molar-refractivity contribution in [2.45, 2.75) is 58.5 Å². The molecule has 2 heteroatoms. The molecule has 1 aromatic rings. The highest BCUT2D eigenvalue weighted by atomic mass is 19.1. The topological polar surface area (TPSA) is 12.0 Å². The van der Waals surface area contributed by atoms with Crippen LogP contribution in [0.15, 0.2) is 24.3 Å². The smallest absolute Gasteiger partial charge is 0.127 e. The molecule has 1 aromatic carbocycles. The normalized spacial score (nSPS) is 21.8. The molecule has 0 saturated heterocycles. The Morgan fingerprint density at radius 3 is 2.44 bits per heavy atom. The number of hydrogen-bond donors (Lipinski definition) is 1. The monoisotopic (exact) mass is 249 g/mol. The first-order valence-corrected chi connectivity index (χ1v) is 6.98. The van der Waals surface area contributed by atoms with Crippen LogP contribution in [-0.4, -0.2) is 6.04 Å². The van der Waals surface area contributed by atoms with Crippen LogP contribution < -0.4 is 5.32 Å². The van der Waals surface area contributed by atoms with Gasteiger partial charge in [0.05, 0.1) is 0 Å². The summed E-state index contributed by atoms with van der Waals surface area (Å²) in [5, 5.41) is 3.57. The van der Waals surface area contributed by atoms with Crippen LogP contribution in [0.25, 0.3) is 0 Å². The highest BCUT2D eigenvalue weighted by molar-refractivity contribution is 5.20. The van der Waals surface area contributed by atoms with E-state index in [1.807, 2.05) is 12.1 Å². The van der Waals surface area contributed by atoms with Gasteiger partial charge in [-0.05, 0) is 44.1 Å². The molecule has 0 unspecified atom stereocenters. The van der Waals surface area contributed by atoms with Gasteiger partial charge in [-0.15, -0.1) is 0 Å². The van der Waals surface area contributed by atoms with Crippen molar-refractivity contribution in [3.05, 3.63) is 35.6 Å². The van der Waals surface area contributed by atoms with E-state index < -0.39 is 0 Å². The molecule has 100 valence electrons. The van der Waals surface area contributed by atoms with Crippen LogP contribution >= 0.6 is 0 Å². The maximum atomic E-state index is 13.7. The quantitative estimate of drug-likeness (QED) is 0.834. The minimum absolute atomic E-state index is 0.0948.